The third kappa shape index (κ3) is 4.38. The van der Waals surface area contributed by atoms with Crippen molar-refractivity contribution in [3.05, 3.63) is 96.1 Å². The highest BCUT2D eigenvalue weighted by molar-refractivity contribution is 5.34. The van der Waals surface area contributed by atoms with Gasteiger partial charge < -0.3 is 4.74 Å². The molecule has 0 radical (unpaired) electrons. The minimum Gasteiger partial charge on any atom is -0.457 e. The minimum absolute atomic E-state index is 0.624. The second kappa shape index (κ2) is 8.42. The lowest BCUT2D eigenvalue weighted by molar-refractivity contribution is 0.136. The zero-order valence-electron chi connectivity index (χ0n) is 16.9. The highest BCUT2D eigenvalue weighted by atomic mass is 16.5. The summed E-state index contributed by atoms with van der Waals surface area (Å²) in [6, 6.07) is 30.5. The maximum Gasteiger partial charge on any atom is 0.127 e. The number of ether oxygens (including phenoxy) is 1. The van der Waals surface area contributed by atoms with Gasteiger partial charge in [-0.15, -0.1) is 0 Å². The second-order valence-electron chi connectivity index (χ2n) is 8.49. The Morgan fingerprint density at radius 1 is 0.655 bits per heavy atom. The van der Waals surface area contributed by atoms with Crippen LogP contribution in [0.15, 0.2) is 84.9 Å². The summed E-state index contributed by atoms with van der Waals surface area (Å²) in [5.74, 6) is 3.33. The fraction of sp³-hybridized carbons (Fsp3) is 0.333. The summed E-state index contributed by atoms with van der Waals surface area (Å²) in [4.78, 5) is 2.75. The van der Waals surface area contributed by atoms with Crippen molar-refractivity contribution in [3.63, 3.8) is 0 Å². The van der Waals surface area contributed by atoms with Gasteiger partial charge >= 0.3 is 0 Å². The molecule has 5 rings (SSSR count). The van der Waals surface area contributed by atoms with E-state index in [2.05, 4.69) is 59.5 Å². The lowest BCUT2D eigenvalue weighted by Crippen LogP contribution is -2.37. The maximum absolute atomic E-state index is 5.94. The van der Waals surface area contributed by atoms with Gasteiger partial charge in [-0.2, -0.15) is 0 Å². The van der Waals surface area contributed by atoms with Crippen molar-refractivity contribution >= 4 is 0 Å². The van der Waals surface area contributed by atoms with Crippen LogP contribution in [0.4, 0.5) is 0 Å². The molecule has 2 aliphatic rings. The van der Waals surface area contributed by atoms with Crippen LogP contribution in [-0.4, -0.2) is 18.0 Å². The predicted octanol–water partition coefficient (Wildman–Crippen LogP) is 6.81. The van der Waals surface area contributed by atoms with Gasteiger partial charge in [-0.1, -0.05) is 60.7 Å². The Bertz CT molecular complexity index is 894. The molecule has 1 saturated heterocycles. The highest BCUT2D eigenvalue weighted by Crippen LogP contribution is 2.46. The third-order valence-electron chi connectivity index (χ3n) is 6.46. The summed E-state index contributed by atoms with van der Waals surface area (Å²) < 4.78 is 5.94. The average molecular weight is 384 g/mol. The van der Waals surface area contributed by atoms with Crippen molar-refractivity contribution in [3.8, 4) is 11.5 Å². The molecule has 1 aliphatic carbocycles. The molecular weight excluding hydrogens is 354 g/mol. The first-order chi connectivity index (χ1) is 14.4. The second-order valence-corrected chi connectivity index (χ2v) is 8.49. The lowest BCUT2D eigenvalue weighted by atomic mass is 9.87. The molecule has 29 heavy (non-hydrogen) atoms. The molecule has 2 heteroatoms. The summed E-state index contributed by atoms with van der Waals surface area (Å²) in [5.41, 5.74) is 2.96. The van der Waals surface area contributed by atoms with Crippen molar-refractivity contribution in [2.75, 3.05) is 13.1 Å². The quantitative estimate of drug-likeness (QED) is 0.463. The number of piperidine rings is 1. The number of hydrogen-bond donors (Lipinski definition) is 0. The van der Waals surface area contributed by atoms with Crippen molar-refractivity contribution in [2.24, 2.45) is 5.92 Å². The van der Waals surface area contributed by atoms with Gasteiger partial charge in [0.2, 0.25) is 0 Å². The number of rotatable bonds is 6. The number of benzene rings is 3. The number of para-hydroxylation sites is 1. The van der Waals surface area contributed by atoms with Crippen molar-refractivity contribution < 1.29 is 4.74 Å². The first kappa shape index (κ1) is 18.4. The molecule has 0 bridgehead atoms. The van der Waals surface area contributed by atoms with Gasteiger partial charge in [0.15, 0.2) is 0 Å². The molecule has 3 aromatic carbocycles. The summed E-state index contributed by atoms with van der Waals surface area (Å²) >= 11 is 0. The van der Waals surface area contributed by atoms with Crippen LogP contribution < -0.4 is 4.74 Å². The van der Waals surface area contributed by atoms with Gasteiger partial charge in [0.1, 0.15) is 11.5 Å². The van der Waals surface area contributed by atoms with Crippen LogP contribution in [0.2, 0.25) is 0 Å². The van der Waals surface area contributed by atoms with Crippen molar-refractivity contribution in [1.29, 1.82) is 0 Å². The third-order valence-corrected chi connectivity index (χ3v) is 6.46. The van der Waals surface area contributed by atoms with Gasteiger partial charge in [-0.05, 0) is 86.0 Å². The van der Waals surface area contributed by atoms with Crippen LogP contribution >= 0.6 is 0 Å². The number of hydrogen-bond acceptors (Lipinski definition) is 2. The molecule has 1 atom stereocenters. The molecule has 0 N–H and O–H groups in total. The van der Waals surface area contributed by atoms with Crippen LogP contribution in [0.3, 0.4) is 0 Å². The molecule has 0 aromatic heterocycles. The van der Waals surface area contributed by atoms with E-state index in [9.17, 15) is 0 Å². The molecule has 1 aliphatic heterocycles. The SMILES string of the molecule is c1ccc(Oc2ccc(C3CCN(C(c4ccccc4)C4CC4)CC3)cc2)cc1. The summed E-state index contributed by atoms with van der Waals surface area (Å²) in [7, 11) is 0. The van der Waals surface area contributed by atoms with E-state index in [0.29, 0.717) is 12.0 Å². The molecule has 148 valence electrons. The summed E-state index contributed by atoms with van der Waals surface area (Å²) in [6.45, 7) is 2.39. The fourth-order valence-corrected chi connectivity index (χ4v) is 4.79. The Balaban J connectivity index is 1.21. The first-order valence-corrected chi connectivity index (χ1v) is 11.0. The minimum atomic E-state index is 0.624. The molecule has 2 fully saturated rings. The molecular formula is C27H29NO. The van der Waals surface area contributed by atoms with Gasteiger partial charge in [0.25, 0.3) is 0 Å². The van der Waals surface area contributed by atoms with E-state index in [1.807, 2.05) is 30.3 Å². The summed E-state index contributed by atoms with van der Waals surface area (Å²) in [6.07, 6.45) is 5.27. The summed E-state index contributed by atoms with van der Waals surface area (Å²) in [5, 5.41) is 0. The van der Waals surface area contributed by atoms with Crippen LogP contribution in [-0.2, 0) is 0 Å². The predicted molar refractivity (Wildman–Crippen MR) is 118 cm³/mol. The van der Waals surface area contributed by atoms with E-state index in [-0.39, 0.29) is 0 Å². The molecule has 1 unspecified atom stereocenters. The monoisotopic (exact) mass is 383 g/mol. The Morgan fingerprint density at radius 3 is 1.86 bits per heavy atom. The number of nitrogens with zero attached hydrogens (tertiary/aromatic N) is 1. The molecule has 1 heterocycles. The Labute approximate surface area is 174 Å². The first-order valence-electron chi connectivity index (χ1n) is 11.0. The van der Waals surface area contributed by atoms with Gasteiger partial charge in [0, 0.05) is 6.04 Å². The van der Waals surface area contributed by atoms with Crippen LogP contribution in [0.5, 0.6) is 11.5 Å². The zero-order chi connectivity index (χ0) is 19.5. The zero-order valence-corrected chi connectivity index (χ0v) is 16.9. The van der Waals surface area contributed by atoms with E-state index >= 15 is 0 Å². The van der Waals surface area contributed by atoms with E-state index in [0.717, 1.165) is 17.4 Å². The topological polar surface area (TPSA) is 12.5 Å². The van der Waals surface area contributed by atoms with Crippen molar-refractivity contribution in [2.45, 2.75) is 37.6 Å². The average Bonchev–Trinajstić information content (AvgIpc) is 3.62. The molecule has 3 aromatic rings. The maximum atomic E-state index is 5.94. The van der Waals surface area contributed by atoms with Crippen LogP contribution in [0.25, 0.3) is 0 Å². The molecule has 0 amide bonds. The van der Waals surface area contributed by atoms with Gasteiger partial charge in [-0.3, -0.25) is 4.90 Å². The van der Waals surface area contributed by atoms with Crippen LogP contribution in [0, 0.1) is 5.92 Å². The van der Waals surface area contributed by atoms with Crippen molar-refractivity contribution in [1.82, 2.24) is 4.90 Å². The molecule has 2 nitrogen and oxygen atoms in total. The van der Waals surface area contributed by atoms with E-state index < -0.39 is 0 Å². The highest BCUT2D eigenvalue weighted by Gasteiger charge is 2.37. The Morgan fingerprint density at radius 2 is 1.24 bits per heavy atom. The fourth-order valence-electron chi connectivity index (χ4n) is 4.79. The Kier molecular flexibility index (Phi) is 5.36. The molecule has 1 saturated carbocycles. The van der Waals surface area contributed by atoms with E-state index in [1.54, 1.807) is 0 Å². The van der Waals surface area contributed by atoms with Gasteiger partial charge in [-0.25, -0.2) is 0 Å². The largest absolute Gasteiger partial charge is 0.457 e. The standard InChI is InChI=1S/C27H29NO/c1-3-7-23(8-4-1)27(24-11-12-24)28-19-17-22(18-20-28)21-13-15-26(16-14-21)29-25-9-5-2-6-10-25/h1-10,13-16,22,24,27H,11-12,17-20H2. The van der Waals surface area contributed by atoms with E-state index in [1.165, 1.54) is 49.9 Å². The lowest BCUT2D eigenvalue weighted by Gasteiger charge is -2.38. The van der Waals surface area contributed by atoms with Gasteiger partial charge in [0.05, 0.1) is 0 Å². The Hall–Kier alpha value is -2.58. The van der Waals surface area contributed by atoms with E-state index in [4.69, 9.17) is 4.74 Å². The number of likely N-dealkylation sites (tertiary alicyclic amines) is 1. The normalized spacial score (nSPS) is 19.0. The molecule has 0 spiro atoms. The van der Waals surface area contributed by atoms with Crippen LogP contribution in [0.1, 0.15) is 48.8 Å². The smallest absolute Gasteiger partial charge is 0.127 e.